The van der Waals surface area contributed by atoms with E-state index in [1.807, 2.05) is 0 Å². The predicted molar refractivity (Wildman–Crippen MR) is 44.6 cm³/mol. The molecule has 3 nitrogen and oxygen atoms in total. The van der Waals surface area contributed by atoms with Crippen LogP contribution >= 0.6 is 11.6 Å². The molecule has 60 valence electrons. The van der Waals surface area contributed by atoms with E-state index in [2.05, 4.69) is 0 Å². The van der Waals surface area contributed by atoms with E-state index >= 15 is 0 Å². The molecule has 1 rings (SSSR count). The van der Waals surface area contributed by atoms with E-state index in [1.165, 1.54) is 10.6 Å². The first-order valence-corrected chi connectivity index (χ1v) is 3.60. The minimum absolute atomic E-state index is 0.155. The summed E-state index contributed by atoms with van der Waals surface area (Å²) < 4.78 is 1.45. The van der Waals surface area contributed by atoms with Crippen LogP contribution in [0, 0.1) is 6.92 Å². The van der Waals surface area contributed by atoms with Gasteiger partial charge >= 0.3 is 0 Å². The molecule has 0 bridgehead atoms. The number of hydrogen-bond acceptors (Lipinski definition) is 2. The van der Waals surface area contributed by atoms with Gasteiger partial charge in [0.1, 0.15) is 0 Å². The van der Waals surface area contributed by atoms with E-state index in [1.54, 1.807) is 13.0 Å². The molecule has 0 aromatic carbocycles. The molecule has 0 saturated heterocycles. The first-order valence-electron chi connectivity index (χ1n) is 3.22. The second kappa shape index (κ2) is 3.07. The van der Waals surface area contributed by atoms with Gasteiger partial charge < -0.3 is 5.73 Å². The summed E-state index contributed by atoms with van der Waals surface area (Å²) in [7, 11) is 0. The van der Waals surface area contributed by atoms with Crippen LogP contribution in [0.2, 0.25) is 5.02 Å². The van der Waals surface area contributed by atoms with E-state index in [4.69, 9.17) is 17.3 Å². The van der Waals surface area contributed by atoms with Crippen molar-refractivity contribution in [3.05, 3.63) is 33.2 Å². The van der Waals surface area contributed by atoms with Crippen molar-refractivity contribution in [2.24, 2.45) is 5.73 Å². The van der Waals surface area contributed by atoms with Gasteiger partial charge in [-0.05, 0) is 13.0 Å². The minimum atomic E-state index is -0.155. The molecule has 0 aliphatic carbocycles. The Bertz CT molecular complexity index is 319. The van der Waals surface area contributed by atoms with Crippen molar-refractivity contribution in [3.63, 3.8) is 0 Å². The van der Waals surface area contributed by atoms with Gasteiger partial charge in [0.25, 0.3) is 5.56 Å². The summed E-state index contributed by atoms with van der Waals surface area (Å²) >= 11 is 5.63. The van der Waals surface area contributed by atoms with E-state index in [-0.39, 0.29) is 12.2 Å². The van der Waals surface area contributed by atoms with E-state index in [0.29, 0.717) is 5.02 Å². The van der Waals surface area contributed by atoms with Crippen LogP contribution in [0.25, 0.3) is 0 Å². The molecule has 0 unspecified atom stereocenters. The first kappa shape index (κ1) is 8.30. The maximum atomic E-state index is 11.1. The average Bonchev–Trinajstić information content (AvgIpc) is 1.85. The molecule has 1 aromatic heterocycles. The van der Waals surface area contributed by atoms with Crippen molar-refractivity contribution >= 4 is 11.6 Å². The van der Waals surface area contributed by atoms with Crippen LogP contribution in [0.5, 0.6) is 0 Å². The summed E-state index contributed by atoms with van der Waals surface area (Å²) in [5.74, 6) is 0. The molecule has 0 spiro atoms. The highest BCUT2D eigenvalue weighted by molar-refractivity contribution is 6.30. The normalized spacial score (nSPS) is 10.1. The predicted octanol–water partition coefficient (Wildman–Crippen LogP) is 0.726. The van der Waals surface area contributed by atoms with Crippen LogP contribution in [0.4, 0.5) is 0 Å². The Morgan fingerprint density at radius 1 is 1.64 bits per heavy atom. The molecular weight excluding hydrogens is 164 g/mol. The Kier molecular flexibility index (Phi) is 2.31. The van der Waals surface area contributed by atoms with Crippen molar-refractivity contribution in [1.29, 1.82) is 0 Å². The topological polar surface area (TPSA) is 48.0 Å². The van der Waals surface area contributed by atoms with Crippen molar-refractivity contribution in [1.82, 2.24) is 4.57 Å². The average molecular weight is 173 g/mol. The molecule has 0 aliphatic rings. The monoisotopic (exact) mass is 172 g/mol. The lowest BCUT2D eigenvalue weighted by Gasteiger charge is -2.05. The van der Waals surface area contributed by atoms with Gasteiger partial charge in [0.2, 0.25) is 0 Å². The molecule has 2 N–H and O–H groups in total. The lowest BCUT2D eigenvalue weighted by Crippen LogP contribution is -2.25. The number of nitrogens with zero attached hydrogens (tertiary/aromatic N) is 1. The van der Waals surface area contributed by atoms with Gasteiger partial charge in [0.15, 0.2) is 0 Å². The highest BCUT2D eigenvalue weighted by Gasteiger charge is 1.98. The molecule has 1 aromatic rings. The molecule has 0 fully saturated rings. The van der Waals surface area contributed by atoms with Crippen molar-refractivity contribution in [2.45, 2.75) is 13.6 Å². The summed E-state index contributed by atoms with van der Waals surface area (Å²) in [6.07, 6.45) is 0. The summed E-state index contributed by atoms with van der Waals surface area (Å²) in [5, 5.41) is 0.456. The number of halogens is 1. The lowest BCUT2D eigenvalue weighted by atomic mass is 10.3. The number of pyridine rings is 1. The van der Waals surface area contributed by atoms with E-state index in [9.17, 15) is 4.79 Å². The Hall–Kier alpha value is -0.800. The molecule has 0 atom stereocenters. The van der Waals surface area contributed by atoms with Gasteiger partial charge in [0.05, 0.1) is 6.67 Å². The lowest BCUT2D eigenvalue weighted by molar-refractivity contribution is 0.677. The standard InChI is InChI=1S/C7H9ClN2O/c1-5-2-6(8)3-7(11)10(5)4-9/h2-3H,4,9H2,1H3. The molecule has 0 radical (unpaired) electrons. The molecule has 0 amide bonds. The van der Waals surface area contributed by atoms with Crippen LogP contribution < -0.4 is 11.3 Å². The minimum Gasteiger partial charge on any atom is -0.313 e. The maximum absolute atomic E-state index is 11.1. The Morgan fingerprint density at radius 2 is 2.27 bits per heavy atom. The zero-order valence-electron chi connectivity index (χ0n) is 6.17. The quantitative estimate of drug-likeness (QED) is 0.679. The van der Waals surface area contributed by atoms with Gasteiger partial charge in [-0.25, -0.2) is 0 Å². The molecule has 11 heavy (non-hydrogen) atoms. The molecule has 4 heteroatoms. The Labute approximate surface area is 69.4 Å². The van der Waals surface area contributed by atoms with E-state index < -0.39 is 0 Å². The van der Waals surface area contributed by atoms with Crippen LogP contribution in [0.15, 0.2) is 16.9 Å². The van der Waals surface area contributed by atoms with Gasteiger partial charge in [0, 0.05) is 16.8 Å². The zero-order valence-corrected chi connectivity index (χ0v) is 6.93. The van der Waals surface area contributed by atoms with E-state index in [0.717, 1.165) is 5.69 Å². The Balaban J connectivity index is 3.37. The summed E-state index contributed by atoms with van der Waals surface area (Å²) in [5.41, 5.74) is 5.95. The number of aryl methyl sites for hydroxylation is 1. The molecule has 1 heterocycles. The summed E-state index contributed by atoms with van der Waals surface area (Å²) in [4.78, 5) is 11.1. The first-order chi connectivity index (χ1) is 5.15. The Morgan fingerprint density at radius 3 is 2.73 bits per heavy atom. The third-order valence-corrected chi connectivity index (χ3v) is 1.70. The number of aromatic nitrogens is 1. The van der Waals surface area contributed by atoms with Crippen LogP contribution in [-0.4, -0.2) is 4.57 Å². The largest absolute Gasteiger partial charge is 0.313 e. The zero-order chi connectivity index (χ0) is 8.43. The SMILES string of the molecule is Cc1cc(Cl)cc(=O)n1CN. The highest BCUT2D eigenvalue weighted by Crippen LogP contribution is 2.05. The highest BCUT2D eigenvalue weighted by atomic mass is 35.5. The van der Waals surface area contributed by atoms with Crippen LogP contribution in [-0.2, 0) is 6.67 Å². The smallest absolute Gasteiger partial charge is 0.253 e. The maximum Gasteiger partial charge on any atom is 0.253 e. The molecule has 0 saturated carbocycles. The van der Waals surface area contributed by atoms with Gasteiger partial charge in [-0.15, -0.1) is 0 Å². The van der Waals surface area contributed by atoms with Gasteiger partial charge in [-0.1, -0.05) is 11.6 Å². The second-order valence-corrected chi connectivity index (χ2v) is 2.70. The van der Waals surface area contributed by atoms with Crippen molar-refractivity contribution < 1.29 is 0 Å². The number of hydrogen-bond donors (Lipinski definition) is 1. The second-order valence-electron chi connectivity index (χ2n) is 2.26. The summed E-state index contributed by atoms with van der Waals surface area (Å²) in [6, 6.07) is 3.05. The van der Waals surface area contributed by atoms with Gasteiger partial charge in [-0.2, -0.15) is 0 Å². The third-order valence-electron chi connectivity index (χ3n) is 1.48. The summed E-state index contributed by atoms with van der Waals surface area (Å²) in [6.45, 7) is 1.99. The fourth-order valence-electron chi connectivity index (χ4n) is 0.923. The molecular formula is C7H9ClN2O. The third kappa shape index (κ3) is 1.61. The number of rotatable bonds is 1. The fourth-order valence-corrected chi connectivity index (χ4v) is 1.17. The van der Waals surface area contributed by atoms with Crippen molar-refractivity contribution in [3.8, 4) is 0 Å². The molecule has 0 aliphatic heterocycles. The van der Waals surface area contributed by atoms with Crippen LogP contribution in [0.3, 0.4) is 0 Å². The number of nitrogens with two attached hydrogens (primary N) is 1. The van der Waals surface area contributed by atoms with Crippen LogP contribution in [0.1, 0.15) is 5.69 Å². The van der Waals surface area contributed by atoms with Crippen molar-refractivity contribution in [2.75, 3.05) is 0 Å². The fraction of sp³-hybridized carbons (Fsp3) is 0.286. The van der Waals surface area contributed by atoms with Gasteiger partial charge in [-0.3, -0.25) is 9.36 Å².